The Bertz CT molecular complexity index is 481. The van der Waals surface area contributed by atoms with Crippen molar-refractivity contribution in [2.45, 2.75) is 25.9 Å². The molecule has 96 valence electrons. The Labute approximate surface area is 104 Å². The molecule has 1 saturated heterocycles. The maximum Gasteiger partial charge on any atom is 0.271 e. The zero-order chi connectivity index (χ0) is 13.1. The van der Waals surface area contributed by atoms with E-state index in [9.17, 15) is 14.9 Å². The molecule has 0 unspecified atom stereocenters. The number of rotatable bonds is 3. The number of aryl methyl sites for hydroxylation is 1. The highest BCUT2D eigenvalue weighted by atomic mass is 16.6. The van der Waals surface area contributed by atoms with Crippen LogP contribution >= 0.6 is 0 Å². The van der Waals surface area contributed by atoms with Gasteiger partial charge in [0, 0.05) is 18.7 Å². The summed E-state index contributed by atoms with van der Waals surface area (Å²) in [5.41, 5.74) is 1.21. The summed E-state index contributed by atoms with van der Waals surface area (Å²) in [6.45, 7) is 2.38. The van der Waals surface area contributed by atoms with Crippen LogP contribution in [-0.2, 0) is 9.53 Å². The molecule has 1 aliphatic heterocycles. The van der Waals surface area contributed by atoms with Gasteiger partial charge >= 0.3 is 0 Å². The number of nitrogens with zero attached hydrogens (tertiary/aromatic N) is 1. The summed E-state index contributed by atoms with van der Waals surface area (Å²) in [4.78, 5) is 22.0. The lowest BCUT2D eigenvalue weighted by Gasteiger charge is -2.12. The van der Waals surface area contributed by atoms with E-state index in [0.717, 1.165) is 12.0 Å². The number of benzene rings is 1. The van der Waals surface area contributed by atoms with E-state index in [1.807, 2.05) is 0 Å². The van der Waals surface area contributed by atoms with Crippen molar-refractivity contribution >= 4 is 17.3 Å². The quantitative estimate of drug-likeness (QED) is 0.657. The van der Waals surface area contributed by atoms with Crippen LogP contribution in [0.4, 0.5) is 11.4 Å². The SMILES string of the molecule is Cc1ccc([N+](=O)[O-])cc1NC(=O)[C@H]1CCCO1. The first kappa shape index (κ1) is 12.5. The third-order valence-electron chi connectivity index (χ3n) is 2.91. The maximum atomic E-state index is 11.8. The van der Waals surface area contributed by atoms with Crippen LogP contribution in [0.25, 0.3) is 0 Å². The number of ether oxygens (including phenoxy) is 1. The third kappa shape index (κ3) is 2.65. The van der Waals surface area contributed by atoms with E-state index < -0.39 is 11.0 Å². The number of nitrogens with one attached hydrogen (secondary N) is 1. The third-order valence-corrected chi connectivity index (χ3v) is 2.91. The van der Waals surface area contributed by atoms with Crippen molar-refractivity contribution < 1.29 is 14.5 Å². The molecule has 1 N–H and O–H groups in total. The Morgan fingerprint density at radius 3 is 2.94 bits per heavy atom. The molecule has 0 spiro atoms. The molecule has 0 saturated carbocycles. The van der Waals surface area contributed by atoms with Gasteiger partial charge in [0.25, 0.3) is 11.6 Å². The molecule has 2 rings (SSSR count). The van der Waals surface area contributed by atoms with Crippen molar-refractivity contribution in [2.75, 3.05) is 11.9 Å². The zero-order valence-corrected chi connectivity index (χ0v) is 10.0. The van der Waals surface area contributed by atoms with E-state index in [2.05, 4.69) is 5.32 Å². The van der Waals surface area contributed by atoms with Gasteiger partial charge in [0.05, 0.1) is 10.6 Å². The molecule has 1 aromatic rings. The largest absolute Gasteiger partial charge is 0.368 e. The lowest BCUT2D eigenvalue weighted by atomic mass is 10.1. The van der Waals surface area contributed by atoms with Crippen molar-refractivity contribution in [3.63, 3.8) is 0 Å². The minimum Gasteiger partial charge on any atom is -0.368 e. The molecule has 1 aromatic carbocycles. The highest BCUT2D eigenvalue weighted by molar-refractivity contribution is 5.95. The van der Waals surface area contributed by atoms with E-state index in [1.165, 1.54) is 12.1 Å². The van der Waals surface area contributed by atoms with Crippen molar-refractivity contribution in [3.05, 3.63) is 33.9 Å². The van der Waals surface area contributed by atoms with Crippen LogP contribution in [0.2, 0.25) is 0 Å². The number of hydrogen-bond acceptors (Lipinski definition) is 4. The number of anilines is 1. The van der Waals surface area contributed by atoms with Gasteiger partial charge in [0.15, 0.2) is 0 Å². The van der Waals surface area contributed by atoms with Crippen molar-refractivity contribution in [1.82, 2.24) is 0 Å². The van der Waals surface area contributed by atoms with Gasteiger partial charge in [-0.1, -0.05) is 6.07 Å². The van der Waals surface area contributed by atoms with Gasteiger partial charge in [0.2, 0.25) is 0 Å². The molecule has 0 aromatic heterocycles. The van der Waals surface area contributed by atoms with Gasteiger partial charge in [0.1, 0.15) is 6.10 Å². The van der Waals surface area contributed by atoms with Gasteiger partial charge in [-0.3, -0.25) is 14.9 Å². The minimum atomic E-state index is -0.485. The van der Waals surface area contributed by atoms with Gasteiger partial charge in [-0.2, -0.15) is 0 Å². The Balaban J connectivity index is 2.14. The summed E-state index contributed by atoms with van der Waals surface area (Å²) in [5, 5.41) is 13.4. The summed E-state index contributed by atoms with van der Waals surface area (Å²) >= 11 is 0. The van der Waals surface area contributed by atoms with E-state index in [0.29, 0.717) is 18.7 Å². The predicted molar refractivity (Wildman–Crippen MR) is 65.4 cm³/mol. The molecule has 0 radical (unpaired) electrons. The smallest absolute Gasteiger partial charge is 0.271 e. The van der Waals surface area contributed by atoms with Crippen LogP contribution in [0.5, 0.6) is 0 Å². The van der Waals surface area contributed by atoms with E-state index in [-0.39, 0.29) is 11.6 Å². The van der Waals surface area contributed by atoms with Crippen LogP contribution in [0, 0.1) is 17.0 Å². The number of non-ortho nitro benzene ring substituents is 1. The molecule has 6 nitrogen and oxygen atoms in total. The average Bonchev–Trinajstić information content (AvgIpc) is 2.85. The first-order valence-electron chi connectivity index (χ1n) is 5.75. The molecule has 1 amide bonds. The second-order valence-electron chi connectivity index (χ2n) is 4.25. The van der Waals surface area contributed by atoms with Crippen LogP contribution < -0.4 is 5.32 Å². The first-order valence-corrected chi connectivity index (χ1v) is 5.75. The molecular weight excluding hydrogens is 236 g/mol. The van der Waals surface area contributed by atoms with Crippen LogP contribution in [0.1, 0.15) is 18.4 Å². The van der Waals surface area contributed by atoms with E-state index >= 15 is 0 Å². The molecule has 0 aliphatic carbocycles. The fraction of sp³-hybridized carbons (Fsp3) is 0.417. The van der Waals surface area contributed by atoms with E-state index in [4.69, 9.17) is 4.74 Å². The maximum absolute atomic E-state index is 11.8. The summed E-state index contributed by atoms with van der Waals surface area (Å²) in [6, 6.07) is 4.39. The number of nitro groups is 1. The van der Waals surface area contributed by atoms with Crippen LogP contribution in [0.3, 0.4) is 0 Å². The summed E-state index contributed by atoms with van der Waals surface area (Å²) < 4.78 is 5.26. The first-order chi connectivity index (χ1) is 8.58. The second kappa shape index (κ2) is 5.14. The summed E-state index contributed by atoms with van der Waals surface area (Å²) in [7, 11) is 0. The summed E-state index contributed by atoms with van der Waals surface area (Å²) in [6.07, 6.45) is 1.12. The molecule has 1 aliphatic rings. The Morgan fingerprint density at radius 2 is 2.33 bits per heavy atom. The number of amides is 1. The zero-order valence-electron chi connectivity index (χ0n) is 10.0. The topological polar surface area (TPSA) is 81.5 Å². The Hall–Kier alpha value is -1.95. The van der Waals surface area contributed by atoms with Gasteiger partial charge in [-0.05, 0) is 25.3 Å². The predicted octanol–water partition coefficient (Wildman–Crippen LogP) is 2.02. The molecule has 1 heterocycles. The highest BCUT2D eigenvalue weighted by Crippen LogP contribution is 2.23. The van der Waals surface area contributed by atoms with Gasteiger partial charge in [-0.25, -0.2) is 0 Å². The fourth-order valence-corrected chi connectivity index (χ4v) is 1.86. The van der Waals surface area contributed by atoms with Crippen molar-refractivity contribution in [1.29, 1.82) is 0 Å². The average molecular weight is 250 g/mol. The van der Waals surface area contributed by atoms with Crippen LogP contribution in [-0.4, -0.2) is 23.5 Å². The fourth-order valence-electron chi connectivity index (χ4n) is 1.86. The highest BCUT2D eigenvalue weighted by Gasteiger charge is 2.24. The van der Waals surface area contributed by atoms with E-state index in [1.54, 1.807) is 13.0 Å². The Kier molecular flexibility index (Phi) is 3.57. The second-order valence-corrected chi connectivity index (χ2v) is 4.25. The molecule has 18 heavy (non-hydrogen) atoms. The van der Waals surface area contributed by atoms with Crippen molar-refractivity contribution in [3.8, 4) is 0 Å². The number of carbonyl (C=O) groups excluding carboxylic acids is 1. The number of nitro benzene ring substituents is 1. The number of carbonyl (C=O) groups is 1. The number of hydrogen-bond donors (Lipinski definition) is 1. The molecule has 1 fully saturated rings. The minimum absolute atomic E-state index is 0.0387. The van der Waals surface area contributed by atoms with Gasteiger partial charge in [-0.15, -0.1) is 0 Å². The summed E-state index contributed by atoms with van der Waals surface area (Å²) in [5.74, 6) is -0.240. The normalized spacial score (nSPS) is 18.6. The van der Waals surface area contributed by atoms with Crippen molar-refractivity contribution in [2.24, 2.45) is 0 Å². The molecule has 1 atom stereocenters. The van der Waals surface area contributed by atoms with Gasteiger partial charge < -0.3 is 10.1 Å². The van der Waals surface area contributed by atoms with Crippen LogP contribution in [0.15, 0.2) is 18.2 Å². The molecular formula is C12H14N2O4. The lowest BCUT2D eigenvalue weighted by molar-refractivity contribution is -0.384. The monoisotopic (exact) mass is 250 g/mol. The molecule has 6 heteroatoms. The Morgan fingerprint density at radius 1 is 1.56 bits per heavy atom. The standard InChI is InChI=1S/C12H14N2O4/c1-8-4-5-9(14(16)17)7-10(8)13-12(15)11-3-2-6-18-11/h4-5,7,11H,2-3,6H2,1H3,(H,13,15)/t11-/m1/s1. The molecule has 0 bridgehead atoms. The lowest BCUT2D eigenvalue weighted by Crippen LogP contribution is -2.27.